The molecule has 1 aromatic heterocycles. The second-order valence-electron chi connectivity index (χ2n) is 3.16. The molecule has 0 atom stereocenters. The SMILES string of the molecule is Cc1cc(C)c(-c2c[c]ccc2)s1. The first-order valence-corrected chi connectivity index (χ1v) is 5.12. The Morgan fingerprint density at radius 2 is 2.15 bits per heavy atom. The zero-order valence-corrected chi connectivity index (χ0v) is 8.61. The van der Waals surface area contributed by atoms with Crippen molar-refractivity contribution in [2.75, 3.05) is 0 Å². The minimum atomic E-state index is 1.28. The molecule has 2 aromatic rings. The normalized spacial score (nSPS) is 10.3. The zero-order valence-electron chi connectivity index (χ0n) is 7.79. The minimum absolute atomic E-state index is 1.28. The van der Waals surface area contributed by atoms with Gasteiger partial charge in [-0.3, -0.25) is 0 Å². The number of benzene rings is 1. The highest BCUT2D eigenvalue weighted by Crippen LogP contribution is 2.31. The van der Waals surface area contributed by atoms with E-state index in [-0.39, 0.29) is 0 Å². The predicted molar refractivity (Wildman–Crippen MR) is 58.1 cm³/mol. The molecule has 0 N–H and O–H groups in total. The summed E-state index contributed by atoms with van der Waals surface area (Å²) in [5, 5.41) is 0. The summed E-state index contributed by atoms with van der Waals surface area (Å²) in [6.07, 6.45) is 0. The smallest absolute Gasteiger partial charge is 0.0374 e. The van der Waals surface area contributed by atoms with Crippen molar-refractivity contribution >= 4 is 11.3 Å². The summed E-state index contributed by atoms with van der Waals surface area (Å²) in [5.41, 5.74) is 2.64. The van der Waals surface area contributed by atoms with E-state index in [4.69, 9.17) is 0 Å². The lowest BCUT2D eigenvalue weighted by Crippen LogP contribution is -1.73. The van der Waals surface area contributed by atoms with Crippen molar-refractivity contribution in [3.63, 3.8) is 0 Å². The highest BCUT2D eigenvalue weighted by atomic mass is 32.1. The van der Waals surface area contributed by atoms with E-state index in [1.165, 1.54) is 20.9 Å². The van der Waals surface area contributed by atoms with E-state index in [0.29, 0.717) is 0 Å². The van der Waals surface area contributed by atoms with Gasteiger partial charge in [0.05, 0.1) is 0 Å². The first-order chi connectivity index (χ1) is 6.27. The highest BCUT2D eigenvalue weighted by Gasteiger charge is 2.03. The van der Waals surface area contributed by atoms with Gasteiger partial charge in [-0.05, 0) is 43.2 Å². The van der Waals surface area contributed by atoms with Crippen LogP contribution in [0.5, 0.6) is 0 Å². The van der Waals surface area contributed by atoms with Crippen LogP contribution in [0.2, 0.25) is 0 Å². The van der Waals surface area contributed by atoms with Crippen LogP contribution in [0.4, 0.5) is 0 Å². The maximum Gasteiger partial charge on any atom is 0.0374 e. The standard InChI is InChI=1S/C12H11S/c1-9-8-10(2)13-12(9)11-6-4-3-5-7-11/h3-4,6-8H,1-2H3. The topological polar surface area (TPSA) is 0 Å². The molecule has 0 aliphatic carbocycles. The van der Waals surface area contributed by atoms with Crippen molar-refractivity contribution < 1.29 is 0 Å². The molecule has 1 radical (unpaired) electrons. The van der Waals surface area contributed by atoms with Crippen LogP contribution in [0.25, 0.3) is 10.4 Å². The zero-order chi connectivity index (χ0) is 9.26. The molecule has 0 aliphatic rings. The second-order valence-corrected chi connectivity index (χ2v) is 4.42. The maximum atomic E-state index is 3.10. The molecule has 65 valence electrons. The summed E-state index contributed by atoms with van der Waals surface area (Å²) in [4.78, 5) is 2.74. The van der Waals surface area contributed by atoms with E-state index in [0.717, 1.165) is 0 Å². The van der Waals surface area contributed by atoms with E-state index in [1.54, 1.807) is 0 Å². The average Bonchev–Trinajstić information content (AvgIpc) is 2.47. The quantitative estimate of drug-likeness (QED) is 0.636. The Hall–Kier alpha value is -1.08. The summed E-state index contributed by atoms with van der Waals surface area (Å²) < 4.78 is 0. The molecule has 1 heteroatoms. The number of thiophene rings is 1. The number of hydrogen-bond donors (Lipinski definition) is 0. The molecule has 13 heavy (non-hydrogen) atoms. The molecule has 0 amide bonds. The van der Waals surface area contributed by atoms with E-state index in [2.05, 4.69) is 32.0 Å². The molecule has 0 saturated carbocycles. The van der Waals surface area contributed by atoms with Gasteiger partial charge in [-0.2, -0.15) is 0 Å². The van der Waals surface area contributed by atoms with Crippen molar-refractivity contribution in [3.05, 3.63) is 46.8 Å². The Labute approximate surface area is 82.9 Å². The predicted octanol–water partition coefficient (Wildman–Crippen LogP) is 3.83. The van der Waals surface area contributed by atoms with Crippen LogP contribution in [0.3, 0.4) is 0 Å². The number of hydrogen-bond acceptors (Lipinski definition) is 1. The third kappa shape index (κ3) is 1.65. The molecule has 0 saturated heterocycles. The van der Waals surface area contributed by atoms with Gasteiger partial charge >= 0.3 is 0 Å². The van der Waals surface area contributed by atoms with Crippen LogP contribution in [-0.2, 0) is 0 Å². The van der Waals surface area contributed by atoms with E-state index in [9.17, 15) is 0 Å². The lowest BCUT2D eigenvalue weighted by atomic mass is 10.1. The Morgan fingerprint density at radius 3 is 2.69 bits per heavy atom. The van der Waals surface area contributed by atoms with Gasteiger partial charge in [0.2, 0.25) is 0 Å². The van der Waals surface area contributed by atoms with Gasteiger partial charge in [0.1, 0.15) is 0 Å². The van der Waals surface area contributed by atoms with Crippen LogP contribution >= 0.6 is 11.3 Å². The molecule has 1 aromatic carbocycles. The molecule has 0 spiro atoms. The Kier molecular flexibility index (Phi) is 2.19. The fourth-order valence-electron chi connectivity index (χ4n) is 1.46. The van der Waals surface area contributed by atoms with E-state index < -0.39 is 0 Å². The highest BCUT2D eigenvalue weighted by molar-refractivity contribution is 7.15. The molecule has 0 bridgehead atoms. The van der Waals surface area contributed by atoms with Crippen LogP contribution in [0.1, 0.15) is 10.4 Å². The van der Waals surface area contributed by atoms with Gasteiger partial charge in [-0.1, -0.05) is 18.2 Å². The van der Waals surface area contributed by atoms with Crippen LogP contribution in [0, 0.1) is 19.9 Å². The lowest BCUT2D eigenvalue weighted by molar-refractivity contribution is 1.50. The minimum Gasteiger partial charge on any atom is -0.140 e. The van der Waals surface area contributed by atoms with Crippen molar-refractivity contribution in [2.24, 2.45) is 0 Å². The summed E-state index contributed by atoms with van der Waals surface area (Å²) in [5.74, 6) is 0. The van der Waals surface area contributed by atoms with Gasteiger partial charge in [-0.25, -0.2) is 0 Å². The number of aryl methyl sites for hydroxylation is 2. The average molecular weight is 187 g/mol. The third-order valence-electron chi connectivity index (χ3n) is 2.01. The molecular formula is C12H11S. The molecule has 0 unspecified atom stereocenters. The molecule has 0 nitrogen and oxygen atoms in total. The monoisotopic (exact) mass is 187 g/mol. The molecule has 1 heterocycles. The van der Waals surface area contributed by atoms with Crippen LogP contribution in [0.15, 0.2) is 30.3 Å². The van der Waals surface area contributed by atoms with Gasteiger partial charge < -0.3 is 0 Å². The summed E-state index contributed by atoms with van der Waals surface area (Å²) in [6.45, 7) is 4.31. The van der Waals surface area contributed by atoms with Gasteiger partial charge in [0, 0.05) is 9.75 Å². The van der Waals surface area contributed by atoms with Gasteiger partial charge in [0.25, 0.3) is 0 Å². The third-order valence-corrected chi connectivity index (χ3v) is 3.21. The summed E-state index contributed by atoms with van der Waals surface area (Å²) in [6, 6.07) is 13.5. The van der Waals surface area contributed by atoms with Crippen molar-refractivity contribution in [1.29, 1.82) is 0 Å². The molecule has 2 rings (SSSR count). The fourth-order valence-corrected chi connectivity index (χ4v) is 2.48. The van der Waals surface area contributed by atoms with Crippen molar-refractivity contribution in [1.82, 2.24) is 0 Å². The number of rotatable bonds is 1. The van der Waals surface area contributed by atoms with Crippen LogP contribution in [-0.4, -0.2) is 0 Å². The summed E-state index contributed by atoms with van der Waals surface area (Å²) >= 11 is 1.85. The summed E-state index contributed by atoms with van der Waals surface area (Å²) in [7, 11) is 0. The Balaban J connectivity index is 2.53. The van der Waals surface area contributed by atoms with Gasteiger partial charge in [-0.15, -0.1) is 11.3 Å². The molecular weight excluding hydrogens is 176 g/mol. The Morgan fingerprint density at radius 1 is 1.31 bits per heavy atom. The first-order valence-electron chi connectivity index (χ1n) is 4.31. The van der Waals surface area contributed by atoms with Crippen molar-refractivity contribution in [2.45, 2.75) is 13.8 Å². The maximum absolute atomic E-state index is 3.10. The lowest BCUT2D eigenvalue weighted by Gasteiger charge is -1.97. The molecule has 0 fully saturated rings. The second kappa shape index (κ2) is 3.35. The fraction of sp³-hybridized carbons (Fsp3) is 0.167. The van der Waals surface area contributed by atoms with Crippen LogP contribution < -0.4 is 0 Å². The van der Waals surface area contributed by atoms with E-state index in [1.807, 2.05) is 29.5 Å². The van der Waals surface area contributed by atoms with Gasteiger partial charge in [0.15, 0.2) is 0 Å². The van der Waals surface area contributed by atoms with Crippen molar-refractivity contribution in [3.8, 4) is 10.4 Å². The molecule has 0 aliphatic heterocycles. The largest absolute Gasteiger partial charge is 0.140 e. The Bertz CT molecular complexity index is 398. The van der Waals surface area contributed by atoms with E-state index >= 15 is 0 Å². The first kappa shape index (κ1) is 8.52.